The summed E-state index contributed by atoms with van der Waals surface area (Å²) in [5.74, 6) is -1.53. The third-order valence-corrected chi connectivity index (χ3v) is 4.34. The number of amides is 2. The van der Waals surface area contributed by atoms with Crippen molar-refractivity contribution in [3.05, 3.63) is 34.1 Å². The molecule has 1 saturated heterocycles. The fourth-order valence-electron chi connectivity index (χ4n) is 2.29. The van der Waals surface area contributed by atoms with Crippen molar-refractivity contribution >= 4 is 27.9 Å². The lowest BCUT2D eigenvalue weighted by Crippen LogP contribution is -2.45. The van der Waals surface area contributed by atoms with Crippen LogP contribution >= 0.6 is 15.9 Å². The molecular weight excluding hydrogens is 343 g/mol. The van der Waals surface area contributed by atoms with E-state index in [1.165, 1.54) is 12.1 Å². The van der Waals surface area contributed by atoms with Gasteiger partial charge in [-0.05, 0) is 36.6 Å². The van der Waals surface area contributed by atoms with Crippen molar-refractivity contribution in [1.29, 1.82) is 0 Å². The van der Waals surface area contributed by atoms with Crippen molar-refractivity contribution < 1.29 is 19.1 Å². The highest BCUT2D eigenvalue weighted by Crippen LogP contribution is 2.19. The number of aliphatic carboxylic acids is 1. The molecular formula is C14H16BrFN2O3. The number of nitrogens with zero attached hydrogens (tertiary/aromatic N) is 1. The molecule has 1 fully saturated rings. The maximum Gasteiger partial charge on any atom is 0.317 e. The van der Waals surface area contributed by atoms with Crippen LogP contribution in [0.15, 0.2) is 22.7 Å². The van der Waals surface area contributed by atoms with E-state index in [1.807, 2.05) is 0 Å². The summed E-state index contributed by atoms with van der Waals surface area (Å²) < 4.78 is 13.9. The van der Waals surface area contributed by atoms with E-state index in [2.05, 4.69) is 21.2 Å². The minimum absolute atomic E-state index is 0.218. The molecule has 1 aliphatic heterocycles. The van der Waals surface area contributed by atoms with Crippen LogP contribution in [0.5, 0.6) is 0 Å². The molecule has 1 aromatic rings. The average Bonchev–Trinajstić information content (AvgIpc) is 2.48. The Kier molecular flexibility index (Phi) is 5.17. The Morgan fingerprint density at radius 3 is 2.67 bits per heavy atom. The molecule has 2 N–H and O–H groups in total. The summed E-state index contributed by atoms with van der Waals surface area (Å²) in [6.07, 6.45) is 0.929. The van der Waals surface area contributed by atoms with Gasteiger partial charge >= 0.3 is 12.0 Å². The van der Waals surface area contributed by atoms with Crippen LogP contribution in [0.1, 0.15) is 18.4 Å². The van der Waals surface area contributed by atoms with E-state index in [-0.39, 0.29) is 24.3 Å². The van der Waals surface area contributed by atoms with Crippen molar-refractivity contribution in [2.24, 2.45) is 5.92 Å². The van der Waals surface area contributed by atoms with Gasteiger partial charge in [0.1, 0.15) is 5.82 Å². The smallest absolute Gasteiger partial charge is 0.317 e. The van der Waals surface area contributed by atoms with Crippen LogP contribution in [0.4, 0.5) is 9.18 Å². The second-order valence-corrected chi connectivity index (χ2v) is 5.85. The fourth-order valence-corrected chi connectivity index (χ4v) is 2.68. The number of carboxylic acids is 1. The molecule has 2 amide bonds. The minimum atomic E-state index is -0.807. The van der Waals surface area contributed by atoms with E-state index < -0.39 is 5.97 Å². The third-order valence-electron chi connectivity index (χ3n) is 3.57. The Hall–Kier alpha value is -1.63. The molecule has 5 nitrogen and oxygen atoms in total. The van der Waals surface area contributed by atoms with Gasteiger partial charge in [0, 0.05) is 24.1 Å². The predicted molar refractivity (Wildman–Crippen MR) is 78.3 cm³/mol. The van der Waals surface area contributed by atoms with E-state index in [0.29, 0.717) is 31.5 Å². The first-order chi connectivity index (χ1) is 9.97. The standard InChI is InChI=1S/C14H16BrFN2O3/c15-12-2-1-11(16)7-10(12)8-17-14(21)18-5-3-9(4-6-18)13(19)20/h1-2,7,9H,3-6,8H2,(H,17,21)(H,19,20). The zero-order valence-electron chi connectivity index (χ0n) is 11.3. The highest BCUT2D eigenvalue weighted by atomic mass is 79.9. The zero-order chi connectivity index (χ0) is 15.4. The van der Waals surface area contributed by atoms with Crippen LogP contribution in [0.3, 0.4) is 0 Å². The number of hydrogen-bond donors (Lipinski definition) is 2. The maximum atomic E-state index is 13.1. The van der Waals surface area contributed by atoms with Crippen LogP contribution in [-0.4, -0.2) is 35.1 Å². The zero-order valence-corrected chi connectivity index (χ0v) is 12.9. The number of hydrogen-bond acceptors (Lipinski definition) is 2. The van der Waals surface area contributed by atoms with E-state index in [0.717, 1.165) is 4.47 Å². The van der Waals surface area contributed by atoms with E-state index in [9.17, 15) is 14.0 Å². The van der Waals surface area contributed by atoms with Gasteiger partial charge in [0.15, 0.2) is 0 Å². The summed E-state index contributed by atoms with van der Waals surface area (Å²) in [7, 11) is 0. The molecule has 0 bridgehead atoms. The predicted octanol–water partition coefficient (Wildman–Crippen LogP) is 2.59. The molecule has 21 heavy (non-hydrogen) atoms. The molecule has 2 rings (SSSR count). The highest BCUT2D eigenvalue weighted by Gasteiger charge is 2.26. The van der Waals surface area contributed by atoms with Gasteiger partial charge < -0.3 is 15.3 Å². The van der Waals surface area contributed by atoms with Crippen molar-refractivity contribution in [3.63, 3.8) is 0 Å². The van der Waals surface area contributed by atoms with Crippen LogP contribution in [-0.2, 0) is 11.3 Å². The molecule has 0 radical (unpaired) electrons. The molecule has 7 heteroatoms. The Morgan fingerprint density at radius 2 is 2.05 bits per heavy atom. The molecule has 0 saturated carbocycles. The number of carboxylic acid groups (broad SMARTS) is 1. The topological polar surface area (TPSA) is 69.6 Å². The van der Waals surface area contributed by atoms with Gasteiger partial charge in [-0.15, -0.1) is 0 Å². The molecule has 1 aromatic carbocycles. The molecule has 0 spiro atoms. The van der Waals surface area contributed by atoms with Crippen molar-refractivity contribution in [1.82, 2.24) is 10.2 Å². The Bertz CT molecular complexity index is 545. The molecule has 1 heterocycles. The number of halogens is 2. The summed E-state index contributed by atoms with van der Waals surface area (Å²) in [4.78, 5) is 24.4. The van der Waals surface area contributed by atoms with E-state index >= 15 is 0 Å². The number of piperidine rings is 1. The number of carbonyl (C=O) groups excluding carboxylic acids is 1. The Balaban J connectivity index is 1.85. The monoisotopic (exact) mass is 358 g/mol. The van der Waals surface area contributed by atoms with Crippen LogP contribution < -0.4 is 5.32 Å². The van der Waals surface area contributed by atoms with Gasteiger partial charge in [-0.3, -0.25) is 4.79 Å². The van der Waals surface area contributed by atoms with Gasteiger partial charge in [-0.2, -0.15) is 0 Å². The normalized spacial score (nSPS) is 15.8. The Labute approximate surface area is 130 Å². The molecule has 0 aromatic heterocycles. The first kappa shape index (κ1) is 15.8. The molecule has 0 aliphatic carbocycles. The lowest BCUT2D eigenvalue weighted by molar-refractivity contribution is -0.143. The van der Waals surface area contributed by atoms with Gasteiger partial charge in [0.05, 0.1) is 5.92 Å². The summed E-state index contributed by atoms with van der Waals surface area (Å²) in [5, 5.41) is 11.6. The summed E-state index contributed by atoms with van der Waals surface area (Å²) in [6.45, 7) is 1.07. The van der Waals surface area contributed by atoms with Gasteiger partial charge in [0.25, 0.3) is 0 Å². The van der Waals surface area contributed by atoms with Crippen LogP contribution in [0.2, 0.25) is 0 Å². The minimum Gasteiger partial charge on any atom is -0.481 e. The molecule has 114 valence electrons. The first-order valence-electron chi connectivity index (χ1n) is 6.67. The van der Waals surface area contributed by atoms with Crippen LogP contribution in [0, 0.1) is 11.7 Å². The van der Waals surface area contributed by atoms with Crippen molar-refractivity contribution in [2.45, 2.75) is 19.4 Å². The summed E-state index contributed by atoms with van der Waals surface area (Å²) in [5.41, 5.74) is 0.656. The summed E-state index contributed by atoms with van der Waals surface area (Å²) >= 11 is 3.30. The lowest BCUT2D eigenvalue weighted by atomic mass is 9.97. The van der Waals surface area contributed by atoms with E-state index in [4.69, 9.17) is 5.11 Å². The molecule has 1 aliphatic rings. The quantitative estimate of drug-likeness (QED) is 0.872. The number of likely N-dealkylation sites (tertiary alicyclic amines) is 1. The van der Waals surface area contributed by atoms with E-state index in [1.54, 1.807) is 11.0 Å². The average molecular weight is 359 g/mol. The maximum absolute atomic E-state index is 13.1. The lowest BCUT2D eigenvalue weighted by Gasteiger charge is -2.30. The summed E-state index contributed by atoms with van der Waals surface area (Å²) in [6, 6.07) is 4.04. The number of urea groups is 1. The SMILES string of the molecule is O=C(O)C1CCN(C(=O)NCc2cc(F)ccc2Br)CC1. The Morgan fingerprint density at radius 1 is 1.38 bits per heavy atom. The molecule has 0 atom stereocenters. The third kappa shape index (κ3) is 4.17. The highest BCUT2D eigenvalue weighted by molar-refractivity contribution is 9.10. The fraction of sp³-hybridized carbons (Fsp3) is 0.429. The molecule has 0 unspecified atom stereocenters. The van der Waals surface area contributed by atoms with Gasteiger partial charge in [0.2, 0.25) is 0 Å². The van der Waals surface area contributed by atoms with Gasteiger partial charge in [-0.25, -0.2) is 9.18 Å². The van der Waals surface area contributed by atoms with Crippen molar-refractivity contribution in [2.75, 3.05) is 13.1 Å². The number of nitrogens with one attached hydrogen (secondary N) is 1. The number of carbonyl (C=O) groups is 2. The second kappa shape index (κ2) is 6.89. The van der Waals surface area contributed by atoms with Crippen LogP contribution in [0.25, 0.3) is 0 Å². The number of benzene rings is 1. The second-order valence-electron chi connectivity index (χ2n) is 4.99. The first-order valence-corrected chi connectivity index (χ1v) is 7.46. The number of rotatable bonds is 3. The largest absolute Gasteiger partial charge is 0.481 e. The van der Waals surface area contributed by atoms with Gasteiger partial charge in [-0.1, -0.05) is 15.9 Å². The van der Waals surface area contributed by atoms with Crippen molar-refractivity contribution in [3.8, 4) is 0 Å².